The van der Waals surface area contributed by atoms with Crippen LogP contribution < -0.4 is 11.2 Å². The standard InChI is InChI=1S/C10H22N4O/c1-8(2)9(11)10(15)12-14-6-4-13(3)5-7-14/h8-9H,4-7,11H2,1-3H3,(H,12,15)/t9-/m1/s1. The fraction of sp³-hybridized carbons (Fsp3) is 0.900. The third-order valence-corrected chi connectivity index (χ3v) is 2.79. The second-order valence-corrected chi connectivity index (χ2v) is 4.54. The van der Waals surface area contributed by atoms with E-state index in [4.69, 9.17) is 5.73 Å². The summed E-state index contributed by atoms with van der Waals surface area (Å²) in [6, 6.07) is -0.412. The molecular formula is C10H22N4O. The molecule has 0 unspecified atom stereocenters. The summed E-state index contributed by atoms with van der Waals surface area (Å²) in [6.45, 7) is 7.61. The maximum Gasteiger partial charge on any atom is 0.251 e. The maximum atomic E-state index is 11.6. The van der Waals surface area contributed by atoms with Gasteiger partial charge in [0.1, 0.15) is 0 Å². The number of piperazine rings is 1. The Morgan fingerprint density at radius 1 is 1.27 bits per heavy atom. The number of carbonyl (C=O) groups is 1. The Morgan fingerprint density at radius 3 is 2.27 bits per heavy atom. The summed E-state index contributed by atoms with van der Waals surface area (Å²) >= 11 is 0. The molecule has 1 rings (SSSR count). The van der Waals surface area contributed by atoms with Crippen molar-refractivity contribution in [2.75, 3.05) is 33.2 Å². The van der Waals surface area contributed by atoms with Gasteiger partial charge < -0.3 is 10.6 Å². The number of likely N-dealkylation sites (N-methyl/N-ethyl adjacent to an activating group) is 1. The van der Waals surface area contributed by atoms with Crippen LogP contribution in [0.2, 0.25) is 0 Å². The van der Waals surface area contributed by atoms with Gasteiger partial charge >= 0.3 is 0 Å². The van der Waals surface area contributed by atoms with E-state index in [2.05, 4.69) is 17.4 Å². The van der Waals surface area contributed by atoms with E-state index >= 15 is 0 Å². The van der Waals surface area contributed by atoms with Crippen LogP contribution in [0.25, 0.3) is 0 Å². The Morgan fingerprint density at radius 2 is 1.80 bits per heavy atom. The number of hydrazine groups is 1. The van der Waals surface area contributed by atoms with E-state index in [1.807, 2.05) is 18.9 Å². The SMILES string of the molecule is CC(C)[C@@H](N)C(=O)NN1CCN(C)CC1. The first-order chi connectivity index (χ1) is 7.00. The van der Waals surface area contributed by atoms with Crippen molar-refractivity contribution in [3.05, 3.63) is 0 Å². The van der Waals surface area contributed by atoms with E-state index in [9.17, 15) is 4.79 Å². The van der Waals surface area contributed by atoms with Crippen molar-refractivity contribution in [3.8, 4) is 0 Å². The largest absolute Gasteiger partial charge is 0.320 e. The Bertz CT molecular complexity index is 211. The highest BCUT2D eigenvalue weighted by atomic mass is 16.2. The van der Waals surface area contributed by atoms with Gasteiger partial charge in [-0.15, -0.1) is 0 Å². The summed E-state index contributed by atoms with van der Waals surface area (Å²) in [6.07, 6.45) is 0. The van der Waals surface area contributed by atoms with Gasteiger partial charge in [0.25, 0.3) is 5.91 Å². The molecule has 5 heteroatoms. The molecule has 1 saturated heterocycles. The quantitative estimate of drug-likeness (QED) is 0.649. The molecular weight excluding hydrogens is 192 g/mol. The molecule has 0 aromatic heterocycles. The molecule has 1 fully saturated rings. The zero-order chi connectivity index (χ0) is 11.4. The molecule has 0 aromatic carbocycles. The lowest BCUT2D eigenvalue weighted by Gasteiger charge is -2.33. The van der Waals surface area contributed by atoms with Crippen molar-refractivity contribution < 1.29 is 4.79 Å². The number of nitrogens with zero attached hydrogens (tertiary/aromatic N) is 2. The Balaban J connectivity index is 2.32. The average Bonchev–Trinajstić information content (AvgIpc) is 2.20. The summed E-state index contributed by atoms with van der Waals surface area (Å²) in [7, 11) is 2.08. The van der Waals surface area contributed by atoms with Gasteiger partial charge in [0.2, 0.25) is 0 Å². The summed E-state index contributed by atoms with van der Waals surface area (Å²) in [5.74, 6) is 0.104. The van der Waals surface area contributed by atoms with Crippen molar-refractivity contribution in [2.45, 2.75) is 19.9 Å². The lowest BCUT2D eigenvalue weighted by atomic mass is 10.1. The highest BCUT2D eigenvalue weighted by molar-refractivity contribution is 5.81. The van der Waals surface area contributed by atoms with Gasteiger partial charge in [0.15, 0.2) is 0 Å². The Hall–Kier alpha value is -0.650. The van der Waals surface area contributed by atoms with Gasteiger partial charge in [-0.05, 0) is 13.0 Å². The van der Waals surface area contributed by atoms with Crippen LogP contribution in [-0.4, -0.2) is 55.1 Å². The summed E-state index contributed by atoms with van der Waals surface area (Å²) in [4.78, 5) is 13.9. The normalized spacial score (nSPS) is 21.7. The highest BCUT2D eigenvalue weighted by Crippen LogP contribution is 2.00. The molecule has 0 aliphatic carbocycles. The zero-order valence-corrected chi connectivity index (χ0v) is 9.86. The number of nitrogens with one attached hydrogen (secondary N) is 1. The minimum atomic E-state index is -0.412. The number of amides is 1. The van der Waals surface area contributed by atoms with Gasteiger partial charge in [-0.2, -0.15) is 0 Å². The Kier molecular flexibility index (Phi) is 4.50. The number of rotatable bonds is 3. The molecule has 0 saturated carbocycles. The van der Waals surface area contributed by atoms with E-state index < -0.39 is 6.04 Å². The lowest BCUT2D eigenvalue weighted by Crippen LogP contribution is -2.56. The minimum Gasteiger partial charge on any atom is -0.320 e. The lowest BCUT2D eigenvalue weighted by molar-refractivity contribution is -0.128. The molecule has 1 atom stereocenters. The molecule has 1 amide bonds. The van der Waals surface area contributed by atoms with E-state index in [0.29, 0.717) is 0 Å². The summed E-state index contributed by atoms with van der Waals surface area (Å²) in [5, 5.41) is 1.95. The molecule has 0 radical (unpaired) electrons. The summed E-state index contributed by atoms with van der Waals surface area (Å²) in [5.41, 5.74) is 8.62. The van der Waals surface area contributed by atoms with Gasteiger partial charge in [-0.1, -0.05) is 13.8 Å². The number of hydrogen-bond acceptors (Lipinski definition) is 4. The third kappa shape index (κ3) is 3.77. The van der Waals surface area contributed by atoms with E-state index in [0.717, 1.165) is 26.2 Å². The second kappa shape index (κ2) is 5.44. The van der Waals surface area contributed by atoms with Crippen molar-refractivity contribution in [2.24, 2.45) is 11.7 Å². The van der Waals surface area contributed by atoms with E-state index in [-0.39, 0.29) is 11.8 Å². The summed E-state index contributed by atoms with van der Waals surface area (Å²) < 4.78 is 0. The molecule has 0 aromatic rings. The number of hydrogen-bond donors (Lipinski definition) is 2. The van der Waals surface area contributed by atoms with Crippen LogP contribution in [0.5, 0.6) is 0 Å². The van der Waals surface area contributed by atoms with Crippen LogP contribution >= 0.6 is 0 Å². The van der Waals surface area contributed by atoms with Crippen molar-refractivity contribution in [1.29, 1.82) is 0 Å². The molecule has 0 bridgehead atoms. The van der Waals surface area contributed by atoms with E-state index in [1.54, 1.807) is 0 Å². The van der Waals surface area contributed by atoms with Crippen LogP contribution in [0.4, 0.5) is 0 Å². The van der Waals surface area contributed by atoms with Crippen LogP contribution in [0.3, 0.4) is 0 Å². The average molecular weight is 214 g/mol. The molecule has 15 heavy (non-hydrogen) atoms. The second-order valence-electron chi connectivity index (χ2n) is 4.54. The third-order valence-electron chi connectivity index (χ3n) is 2.79. The molecule has 1 aliphatic heterocycles. The molecule has 5 nitrogen and oxygen atoms in total. The van der Waals surface area contributed by atoms with Gasteiger partial charge in [-0.3, -0.25) is 10.2 Å². The highest BCUT2D eigenvalue weighted by Gasteiger charge is 2.21. The molecule has 1 aliphatic rings. The topological polar surface area (TPSA) is 61.6 Å². The van der Waals surface area contributed by atoms with Crippen molar-refractivity contribution in [3.63, 3.8) is 0 Å². The monoisotopic (exact) mass is 214 g/mol. The van der Waals surface area contributed by atoms with Gasteiger partial charge in [0.05, 0.1) is 6.04 Å². The van der Waals surface area contributed by atoms with E-state index in [1.165, 1.54) is 0 Å². The zero-order valence-electron chi connectivity index (χ0n) is 9.86. The number of nitrogens with two attached hydrogens (primary N) is 1. The van der Waals surface area contributed by atoms with Crippen LogP contribution in [0.1, 0.15) is 13.8 Å². The molecule has 0 spiro atoms. The smallest absolute Gasteiger partial charge is 0.251 e. The van der Waals surface area contributed by atoms with Crippen molar-refractivity contribution in [1.82, 2.24) is 15.3 Å². The minimum absolute atomic E-state index is 0.0745. The molecule has 3 N–H and O–H groups in total. The number of carbonyl (C=O) groups excluding carboxylic acids is 1. The first kappa shape index (κ1) is 12.4. The van der Waals surface area contributed by atoms with Crippen LogP contribution in [-0.2, 0) is 4.79 Å². The first-order valence-electron chi connectivity index (χ1n) is 5.50. The van der Waals surface area contributed by atoms with Crippen LogP contribution in [0, 0.1) is 5.92 Å². The molecule has 88 valence electrons. The fourth-order valence-corrected chi connectivity index (χ4v) is 1.45. The van der Waals surface area contributed by atoms with Crippen LogP contribution in [0.15, 0.2) is 0 Å². The first-order valence-corrected chi connectivity index (χ1v) is 5.50. The Labute approximate surface area is 91.6 Å². The fourth-order valence-electron chi connectivity index (χ4n) is 1.45. The van der Waals surface area contributed by atoms with Gasteiger partial charge in [0, 0.05) is 26.2 Å². The predicted molar refractivity (Wildman–Crippen MR) is 60.0 cm³/mol. The molecule has 1 heterocycles. The maximum absolute atomic E-state index is 11.6. The van der Waals surface area contributed by atoms with Gasteiger partial charge in [-0.25, -0.2) is 5.01 Å². The predicted octanol–water partition coefficient (Wildman–Crippen LogP) is -0.752. The van der Waals surface area contributed by atoms with Crippen molar-refractivity contribution >= 4 is 5.91 Å².